The maximum atomic E-state index is 13.4. The molecule has 5 aromatic rings. The number of imidazole rings is 1. The van der Waals surface area contributed by atoms with E-state index in [1.54, 1.807) is 18.4 Å². The van der Waals surface area contributed by atoms with Gasteiger partial charge in [0.25, 0.3) is 0 Å². The Bertz CT molecular complexity index is 1300. The summed E-state index contributed by atoms with van der Waals surface area (Å²) in [5, 5.41) is 8.60. The van der Waals surface area contributed by atoms with Crippen LogP contribution in [0.3, 0.4) is 0 Å². The molecule has 0 fully saturated rings. The molecule has 140 valence electrons. The molecule has 0 saturated carbocycles. The van der Waals surface area contributed by atoms with E-state index in [0.29, 0.717) is 5.84 Å². The van der Waals surface area contributed by atoms with Crippen LogP contribution in [-0.4, -0.2) is 24.4 Å². The number of benzene rings is 2. The minimum atomic E-state index is -0.283. The van der Waals surface area contributed by atoms with E-state index < -0.39 is 0 Å². The van der Waals surface area contributed by atoms with Gasteiger partial charge in [-0.3, -0.25) is 4.40 Å². The van der Waals surface area contributed by atoms with Crippen molar-refractivity contribution >= 4 is 16.9 Å². The molecule has 6 nitrogen and oxygen atoms in total. The van der Waals surface area contributed by atoms with E-state index in [-0.39, 0.29) is 11.4 Å². The zero-order valence-electron chi connectivity index (χ0n) is 15.7. The average molecular weight is 375 g/mol. The Morgan fingerprint density at radius 1 is 1.00 bits per heavy atom. The molecule has 0 N–H and O–H groups in total. The van der Waals surface area contributed by atoms with E-state index in [0.717, 1.165) is 33.5 Å². The second-order valence-electron chi connectivity index (χ2n) is 7.75. The normalized spacial score (nSPS) is 12.3. The first kappa shape index (κ1) is 16.7. The van der Waals surface area contributed by atoms with E-state index >= 15 is 0 Å². The van der Waals surface area contributed by atoms with E-state index in [2.05, 4.69) is 42.1 Å². The summed E-state index contributed by atoms with van der Waals surface area (Å²) in [4.78, 5) is 4.62. The zero-order chi connectivity index (χ0) is 19.5. The van der Waals surface area contributed by atoms with Crippen molar-refractivity contribution in [3.8, 4) is 22.5 Å². The number of fused-ring (bicyclic) bond motifs is 2. The molecule has 5 rings (SSSR count). The molecule has 0 spiro atoms. The van der Waals surface area contributed by atoms with E-state index in [4.69, 9.17) is 4.42 Å². The molecule has 0 bridgehead atoms. The number of rotatable bonds is 2. The second kappa shape index (κ2) is 5.76. The van der Waals surface area contributed by atoms with Gasteiger partial charge in [-0.15, -0.1) is 5.10 Å². The van der Waals surface area contributed by atoms with Gasteiger partial charge in [0.1, 0.15) is 23.3 Å². The highest BCUT2D eigenvalue weighted by molar-refractivity contribution is 5.87. The van der Waals surface area contributed by atoms with Gasteiger partial charge in [0, 0.05) is 17.3 Å². The minimum absolute atomic E-state index is 0.199. The second-order valence-corrected chi connectivity index (χ2v) is 7.75. The Labute approximate surface area is 160 Å². The molecule has 28 heavy (non-hydrogen) atoms. The van der Waals surface area contributed by atoms with Crippen LogP contribution >= 0.6 is 0 Å². The zero-order valence-corrected chi connectivity index (χ0v) is 15.7. The molecule has 7 heteroatoms. The van der Waals surface area contributed by atoms with E-state index in [1.165, 1.54) is 12.1 Å². The fourth-order valence-electron chi connectivity index (χ4n) is 3.43. The van der Waals surface area contributed by atoms with Gasteiger partial charge in [-0.25, -0.2) is 9.07 Å². The molecular weight excluding hydrogens is 357 g/mol. The van der Waals surface area contributed by atoms with Crippen molar-refractivity contribution in [3.63, 3.8) is 0 Å². The summed E-state index contributed by atoms with van der Waals surface area (Å²) in [6, 6.07) is 12.3. The van der Waals surface area contributed by atoms with Crippen LogP contribution in [0.5, 0.6) is 0 Å². The van der Waals surface area contributed by atoms with Crippen molar-refractivity contribution in [2.24, 2.45) is 0 Å². The van der Waals surface area contributed by atoms with Crippen molar-refractivity contribution in [2.75, 3.05) is 0 Å². The predicted molar refractivity (Wildman–Crippen MR) is 104 cm³/mol. The first-order valence-corrected chi connectivity index (χ1v) is 8.99. The first-order chi connectivity index (χ1) is 13.4. The number of hydrogen-bond donors (Lipinski definition) is 0. The number of aromatic nitrogens is 5. The number of nitrogens with zero attached hydrogens (tertiary/aromatic N) is 5. The molecule has 3 heterocycles. The summed E-state index contributed by atoms with van der Waals surface area (Å²) in [5.41, 5.74) is 4.94. The van der Waals surface area contributed by atoms with Gasteiger partial charge in [0.2, 0.25) is 0 Å². The maximum Gasteiger partial charge on any atom is 0.306 e. The minimum Gasteiger partial charge on any atom is -0.432 e. The summed E-state index contributed by atoms with van der Waals surface area (Å²) in [6.07, 6.45) is 3.42. The third-order valence-corrected chi connectivity index (χ3v) is 4.73. The summed E-state index contributed by atoms with van der Waals surface area (Å²) in [6.45, 7) is 6.26. The van der Waals surface area contributed by atoms with Crippen LogP contribution in [0.25, 0.3) is 39.4 Å². The molecule has 0 radical (unpaired) electrons. The Hall–Kier alpha value is -3.48. The van der Waals surface area contributed by atoms with Gasteiger partial charge in [-0.2, -0.15) is 4.98 Å². The highest BCUT2D eigenvalue weighted by atomic mass is 19.1. The van der Waals surface area contributed by atoms with Crippen LogP contribution in [-0.2, 0) is 5.54 Å². The summed E-state index contributed by atoms with van der Waals surface area (Å²) in [5.74, 6) is 0.201. The molecule has 0 saturated heterocycles. The van der Waals surface area contributed by atoms with E-state index in [1.807, 2.05) is 27.4 Å². The highest BCUT2D eigenvalue weighted by Crippen LogP contribution is 2.35. The fourth-order valence-corrected chi connectivity index (χ4v) is 3.43. The molecular formula is C21H18FN5O. The van der Waals surface area contributed by atoms with Crippen molar-refractivity contribution in [3.05, 3.63) is 60.7 Å². The van der Waals surface area contributed by atoms with Crippen LogP contribution < -0.4 is 0 Å². The summed E-state index contributed by atoms with van der Waals surface area (Å²) in [7, 11) is 0. The molecule has 0 aliphatic carbocycles. The number of oxazole rings is 1. The molecule has 0 aliphatic rings. The van der Waals surface area contributed by atoms with Crippen molar-refractivity contribution < 1.29 is 8.81 Å². The third kappa shape index (κ3) is 2.51. The summed E-state index contributed by atoms with van der Waals surface area (Å²) >= 11 is 0. The standard InChI is InChI=1S/C21H18FN5O/c1-21(2,3)27-17-12-14(6-9-16(17)24-25-27)19-18(13-4-7-15(22)8-5-13)23-20-26(19)10-11-28-20/h4-12H,1-3H3. The third-order valence-electron chi connectivity index (χ3n) is 4.73. The summed E-state index contributed by atoms with van der Waals surface area (Å²) < 4.78 is 22.7. The molecule has 3 aromatic heterocycles. The van der Waals surface area contributed by atoms with Crippen LogP contribution in [0, 0.1) is 5.82 Å². The quantitative estimate of drug-likeness (QED) is 0.440. The maximum absolute atomic E-state index is 13.4. The van der Waals surface area contributed by atoms with Gasteiger partial charge in [-0.05, 0) is 57.2 Å². The lowest BCUT2D eigenvalue weighted by Crippen LogP contribution is -2.23. The molecule has 0 amide bonds. The first-order valence-electron chi connectivity index (χ1n) is 8.99. The topological polar surface area (TPSA) is 61.2 Å². The van der Waals surface area contributed by atoms with Gasteiger partial charge in [0.05, 0.1) is 16.7 Å². The van der Waals surface area contributed by atoms with Gasteiger partial charge in [0.15, 0.2) is 0 Å². The number of halogens is 1. The Kier molecular flexibility index (Phi) is 3.43. The SMILES string of the molecule is CC(C)(C)n1nnc2ccc(-c3c(-c4ccc(F)cc4)nc4occn34)cc21. The Morgan fingerprint density at radius 3 is 2.50 bits per heavy atom. The molecule has 0 unspecified atom stereocenters. The van der Waals surface area contributed by atoms with Crippen molar-refractivity contribution in [1.82, 2.24) is 24.4 Å². The smallest absolute Gasteiger partial charge is 0.306 e. The molecule has 2 aromatic carbocycles. The average Bonchev–Trinajstić information content (AvgIpc) is 3.34. The van der Waals surface area contributed by atoms with Crippen LogP contribution in [0.4, 0.5) is 4.39 Å². The largest absolute Gasteiger partial charge is 0.432 e. The lowest BCUT2D eigenvalue weighted by Gasteiger charge is -2.19. The predicted octanol–water partition coefficient (Wildman–Crippen LogP) is 4.90. The highest BCUT2D eigenvalue weighted by Gasteiger charge is 2.21. The van der Waals surface area contributed by atoms with Crippen LogP contribution in [0.2, 0.25) is 0 Å². The Morgan fingerprint density at radius 2 is 1.75 bits per heavy atom. The van der Waals surface area contributed by atoms with Gasteiger partial charge in [-0.1, -0.05) is 11.3 Å². The monoisotopic (exact) mass is 375 g/mol. The molecule has 0 aliphatic heterocycles. The lowest BCUT2D eigenvalue weighted by atomic mass is 10.0. The van der Waals surface area contributed by atoms with E-state index in [9.17, 15) is 4.39 Å². The Balaban J connectivity index is 1.78. The van der Waals surface area contributed by atoms with Gasteiger partial charge < -0.3 is 4.42 Å². The van der Waals surface area contributed by atoms with Crippen LogP contribution in [0.1, 0.15) is 20.8 Å². The fraction of sp³-hybridized carbons (Fsp3) is 0.190. The lowest BCUT2D eigenvalue weighted by molar-refractivity contribution is 0.358. The van der Waals surface area contributed by atoms with Gasteiger partial charge >= 0.3 is 5.84 Å². The van der Waals surface area contributed by atoms with Crippen molar-refractivity contribution in [1.29, 1.82) is 0 Å². The van der Waals surface area contributed by atoms with Crippen molar-refractivity contribution in [2.45, 2.75) is 26.3 Å². The number of hydrogen-bond acceptors (Lipinski definition) is 4. The molecule has 0 atom stereocenters. The van der Waals surface area contributed by atoms with Crippen LogP contribution in [0.15, 0.2) is 59.3 Å².